The number of ether oxygens (including phenoxy) is 1. The Hall–Kier alpha value is -0.580. The van der Waals surface area contributed by atoms with Gasteiger partial charge in [0, 0.05) is 11.0 Å². The molecule has 0 heterocycles. The van der Waals surface area contributed by atoms with Crippen molar-refractivity contribution >= 4 is 15.9 Å². The molecule has 3 nitrogen and oxygen atoms in total. The predicted molar refractivity (Wildman–Crippen MR) is 75.9 cm³/mol. The highest BCUT2D eigenvalue weighted by Gasteiger charge is 2.21. The molecule has 18 heavy (non-hydrogen) atoms. The van der Waals surface area contributed by atoms with E-state index in [1.54, 1.807) is 0 Å². The highest BCUT2D eigenvalue weighted by atomic mass is 79.9. The largest absolute Gasteiger partial charge is 0.492 e. The van der Waals surface area contributed by atoms with Gasteiger partial charge in [0.1, 0.15) is 12.4 Å². The van der Waals surface area contributed by atoms with Gasteiger partial charge >= 0.3 is 0 Å². The summed E-state index contributed by atoms with van der Waals surface area (Å²) in [5, 5.41) is 12.8. The summed E-state index contributed by atoms with van der Waals surface area (Å²) in [5.41, 5.74) is 0. The molecule has 1 aromatic carbocycles. The van der Waals surface area contributed by atoms with Crippen molar-refractivity contribution in [1.82, 2.24) is 5.32 Å². The zero-order valence-corrected chi connectivity index (χ0v) is 12.0. The molecule has 2 N–H and O–H groups in total. The van der Waals surface area contributed by atoms with E-state index < -0.39 is 0 Å². The van der Waals surface area contributed by atoms with Crippen LogP contribution in [0.3, 0.4) is 0 Å². The van der Waals surface area contributed by atoms with Crippen molar-refractivity contribution in [3.63, 3.8) is 0 Å². The smallest absolute Gasteiger partial charge is 0.119 e. The number of halogens is 1. The Morgan fingerprint density at radius 3 is 2.72 bits per heavy atom. The summed E-state index contributed by atoms with van der Waals surface area (Å²) in [5.74, 6) is 1.53. The Kier molecular flexibility index (Phi) is 5.47. The molecule has 1 aliphatic carbocycles. The molecular formula is C14H20BrNO2. The Bertz CT molecular complexity index is 355. The third-order valence-electron chi connectivity index (χ3n) is 3.31. The third-order valence-corrected chi connectivity index (χ3v) is 3.84. The Morgan fingerprint density at radius 2 is 2.06 bits per heavy atom. The van der Waals surface area contributed by atoms with Crippen LogP contribution >= 0.6 is 15.9 Å². The molecule has 0 aliphatic heterocycles. The van der Waals surface area contributed by atoms with E-state index in [0.717, 1.165) is 42.6 Å². The van der Waals surface area contributed by atoms with Crippen molar-refractivity contribution in [3.05, 3.63) is 28.7 Å². The molecule has 1 aromatic rings. The molecule has 1 saturated carbocycles. The van der Waals surface area contributed by atoms with E-state index in [1.807, 2.05) is 24.3 Å². The topological polar surface area (TPSA) is 41.5 Å². The third kappa shape index (κ3) is 4.59. The van der Waals surface area contributed by atoms with Gasteiger partial charge in [-0.2, -0.15) is 0 Å². The van der Waals surface area contributed by atoms with Gasteiger partial charge in [-0.25, -0.2) is 0 Å². The maximum Gasteiger partial charge on any atom is 0.119 e. The molecule has 1 aliphatic rings. The molecule has 2 unspecified atom stereocenters. The minimum atomic E-state index is -0.0733. The van der Waals surface area contributed by atoms with Crippen molar-refractivity contribution < 1.29 is 9.84 Å². The van der Waals surface area contributed by atoms with Crippen LogP contribution in [0.25, 0.3) is 0 Å². The summed E-state index contributed by atoms with van der Waals surface area (Å²) >= 11 is 3.39. The molecule has 0 amide bonds. The van der Waals surface area contributed by atoms with E-state index in [4.69, 9.17) is 4.74 Å². The fourth-order valence-electron chi connectivity index (χ4n) is 2.31. The van der Waals surface area contributed by atoms with Gasteiger partial charge < -0.3 is 15.2 Å². The molecular weight excluding hydrogens is 294 g/mol. The van der Waals surface area contributed by atoms with Crippen molar-refractivity contribution in [2.75, 3.05) is 19.7 Å². The standard InChI is InChI=1S/C14H20BrNO2/c15-12-2-5-14(6-3-12)18-8-7-16-10-11-1-4-13(17)9-11/h2-3,5-6,11,13,16-17H,1,4,7-10H2. The molecule has 0 saturated heterocycles. The molecule has 2 atom stereocenters. The van der Waals surface area contributed by atoms with Crippen LogP contribution in [0.2, 0.25) is 0 Å². The Labute approximate surface area is 117 Å². The fraction of sp³-hybridized carbons (Fsp3) is 0.571. The second kappa shape index (κ2) is 7.12. The van der Waals surface area contributed by atoms with Gasteiger partial charge in [-0.1, -0.05) is 15.9 Å². The van der Waals surface area contributed by atoms with E-state index in [2.05, 4.69) is 21.2 Å². The van der Waals surface area contributed by atoms with Gasteiger partial charge in [0.25, 0.3) is 0 Å². The molecule has 0 aromatic heterocycles. The minimum Gasteiger partial charge on any atom is -0.492 e. The molecule has 0 radical (unpaired) electrons. The zero-order valence-electron chi connectivity index (χ0n) is 10.4. The van der Waals surface area contributed by atoms with Crippen molar-refractivity contribution in [3.8, 4) is 5.75 Å². The average molecular weight is 314 g/mol. The van der Waals surface area contributed by atoms with Crippen LogP contribution in [0, 0.1) is 5.92 Å². The van der Waals surface area contributed by atoms with Crippen LogP contribution in [-0.2, 0) is 0 Å². The lowest BCUT2D eigenvalue weighted by Gasteiger charge is -2.11. The maximum absolute atomic E-state index is 9.42. The first kappa shape index (κ1) is 13.8. The van der Waals surface area contributed by atoms with Crippen LogP contribution in [0.1, 0.15) is 19.3 Å². The number of benzene rings is 1. The van der Waals surface area contributed by atoms with E-state index in [-0.39, 0.29) is 6.10 Å². The maximum atomic E-state index is 9.42. The van der Waals surface area contributed by atoms with Crippen LogP contribution in [0.4, 0.5) is 0 Å². The first-order valence-electron chi connectivity index (χ1n) is 6.51. The van der Waals surface area contributed by atoms with Gasteiger partial charge in [-0.15, -0.1) is 0 Å². The highest BCUT2D eigenvalue weighted by Crippen LogP contribution is 2.24. The van der Waals surface area contributed by atoms with Crippen LogP contribution in [0.15, 0.2) is 28.7 Å². The second-order valence-corrected chi connectivity index (χ2v) is 5.76. The first-order chi connectivity index (χ1) is 8.74. The van der Waals surface area contributed by atoms with Crippen molar-refractivity contribution in [2.45, 2.75) is 25.4 Å². The molecule has 0 spiro atoms. The fourth-order valence-corrected chi connectivity index (χ4v) is 2.58. The first-order valence-corrected chi connectivity index (χ1v) is 7.30. The Morgan fingerprint density at radius 1 is 1.28 bits per heavy atom. The molecule has 0 bridgehead atoms. The SMILES string of the molecule is OC1CCC(CNCCOc2ccc(Br)cc2)C1. The highest BCUT2D eigenvalue weighted by molar-refractivity contribution is 9.10. The van der Waals surface area contributed by atoms with Crippen LogP contribution in [-0.4, -0.2) is 30.9 Å². The number of hydrogen-bond acceptors (Lipinski definition) is 3. The number of nitrogens with one attached hydrogen (secondary N) is 1. The summed E-state index contributed by atoms with van der Waals surface area (Å²) in [4.78, 5) is 0. The monoisotopic (exact) mass is 313 g/mol. The molecule has 2 rings (SSSR count). The van der Waals surface area contributed by atoms with Crippen LogP contribution < -0.4 is 10.1 Å². The van der Waals surface area contributed by atoms with Gasteiger partial charge in [0.05, 0.1) is 6.10 Å². The van der Waals surface area contributed by atoms with E-state index >= 15 is 0 Å². The van der Waals surface area contributed by atoms with Gasteiger partial charge in [0.15, 0.2) is 0 Å². The number of rotatable bonds is 6. The second-order valence-electron chi connectivity index (χ2n) is 4.84. The lowest BCUT2D eigenvalue weighted by Crippen LogP contribution is -2.26. The van der Waals surface area contributed by atoms with Crippen molar-refractivity contribution in [1.29, 1.82) is 0 Å². The lowest BCUT2D eigenvalue weighted by molar-refractivity contribution is 0.177. The van der Waals surface area contributed by atoms with Crippen LogP contribution in [0.5, 0.6) is 5.75 Å². The van der Waals surface area contributed by atoms with Crippen molar-refractivity contribution in [2.24, 2.45) is 5.92 Å². The average Bonchev–Trinajstić information content (AvgIpc) is 2.77. The van der Waals surface area contributed by atoms with E-state index in [9.17, 15) is 5.11 Å². The normalized spacial score (nSPS) is 23.2. The summed E-state index contributed by atoms with van der Waals surface area (Å²) in [7, 11) is 0. The van der Waals surface area contributed by atoms with Gasteiger partial charge in [-0.3, -0.25) is 0 Å². The zero-order chi connectivity index (χ0) is 12.8. The Balaban J connectivity index is 1.55. The van der Waals surface area contributed by atoms with Gasteiger partial charge in [0.2, 0.25) is 0 Å². The minimum absolute atomic E-state index is 0.0733. The summed E-state index contributed by atoms with van der Waals surface area (Å²) in [6.07, 6.45) is 2.97. The number of aliphatic hydroxyl groups is 1. The lowest BCUT2D eigenvalue weighted by atomic mass is 10.1. The number of aliphatic hydroxyl groups excluding tert-OH is 1. The molecule has 4 heteroatoms. The molecule has 100 valence electrons. The summed E-state index contributed by atoms with van der Waals surface area (Å²) < 4.78 is 6.68. The summed E-state index contributed by atoms with van der Waals surface area (Å²) in [6, 6.07) is 7.86. The van der Waals surface area contributed by atoms with E-state index in [1.165, 1.54) is 0 Å². The van der Waals surface area contributed by atoms with E-state index in [0.29, 0.717) is 12.5 Å². The quantitative estimate of drug-likeness (QED) is 0.793. The number of hydrogen-bond donors (Lipinski definition) is 2. The summed E-state index contributed by atoms with van der Waals surface area (Å²) in [6.45, 7) is 2.51. The predicted octanol–water partition coefficient (Wildman–Crippen LogP) is 2.58. The molecule has 1 fully saturated rings. The van der Waals surface area contributed by atoms with Gasteiger partial charge in [-0.05, 0) is 56.0 Å².